The summed E-state index contributed by atoms with van der Waals surface area (Å²) in [7, 11) is 0. The number of halogens is 2. The van der Waals surface area contributed by atoms with Crippen LogP contribution in [0.5, 0.6) is 0 Å². The Labute approximate surface area is 187 Å². The molecule has 7 nitrogen and oxygen atoms in total. The minimum absolute atomic E-state index is 0.292. The summed E-state index contributed by atoms with van der Waals surface area (Å²) in [5, 5.41) is 20.4. The Hall–Kier alpha value is -4.58. The third-order valence-electron chi connectivity index (χ3n) is 4.87. The summed E-state index contributed by atoms with van der Waals surface area (Å²) < 4.78 is 28.1. The number of hydrogen-bond donors (Lipinski definition) is 1. The van der Waals surface area contributed by atoms with Crippen LogP contribution >= 0.6 is 0 Å². The van der Waals surface area contributed by atoms with Crippen molar-refractivity contribution in [1.82, 2.24) is 19.4 Å². The number of amides is 1. The topological polar surface area (TPSA) is 88.0 Å². The number of pyridine rings is 1. The molecule has 0 aliphatic carbocycles. The molecule has 1 N–H and O–H groups in total. The van der Waals surface area contributed by atoms with Crippen LogP contribution in [0.3, 0.4) is 0 Å². The van der Waals surface area contributed by atoms with Crippen LogP contribution in [0.25, 0.3) is 28.8 Å². The highest BCUT2D eigenvalue weighted by Crippen LogP contribution is 2.26. The molecule has 0 atom stereocenters. The van der Waals surface area contributed by atoms with E-state index in [1.165, 1.54) is 23.2 Å². The number of carbonyl (C=O) groups excluding carboxylic acids is 1. The number of carbonyl (C=O) groups is 1. The maximum Gasteiger partial charge on any atom is 0.257 e. The van der Waals surface area contributed by atoms with Crippen LogP contribution in [-0.4, -0.2) is 31.7 Å². The van der Waals surface area contributed by atoms with Crippen molar-refractivity contribution in [2.24, 2.45) is 0 Å². The molecule has 1 amide bonds. The third-order valence-corrected chi connectivity index (χ3v) is 4.87. The van der Waals surface area contributed by atoms with Crippen molar-refractivity contribution < 1.29 is 13.6 Å². The van der Waals surface area contributed by atoms with Crippen molar-refractivity contribution in [1.29, 1.82) is 5.26 Å². The zero-order valence-corrected chi connectivity index (χ0v) is 17.3. The summed E-state index contributed by atoms with van der Waals surface area (Å²) in [6.45, 7) is 2.94. The molecule has 3 heterocycles. The summed E-state index contributed by atoms with van der Waals surface area (Å²) in [5.74, 6) is -0.292. The number of nitriles is 1. The van der Waals surface area contributed by atoms with Gasteiger partial charge in [0.05, 0.1) is 23.5 Å². The average molecular weight is 444 g/mol. The second-order valence-corrected chi connectivity index (χ2v) is 7.14. The molecule has 4 aromatic rings. The van der Waals surface area contributed by atoms with Gasteiger partial charge in [0.1, 0.15) is 12.6 Å². The normalized spacial score (nSPS) is 11.2. The minimum Gasteiger partial charge on any atom is -0.323 e. The molecule has 3 aromatic heterocycles. The van der Waals surface area contributed by atoms with E-state index in [1.54, 1.807) is 29.0 Å². The number of rotatable bonds is 7. The second kappa shape index (κ2) is 9.28. The van der Waals surface area contributed by atoms with Crippen molar-refractivity contribution >= 4 is 29.3 Å². The van der Waals surface area contributed by atoms with Gasteiger partial charge in [-0.25, -0.2) is 13.3 Å². The largest absolute Gasteiger partial charge is 0.323 e. The summed E-state index contributed by atoms with van der Waals surface area (Å²) in [4.78, 5) is 11.4. The Bertz CT molecular complexity index is 1390. The third kappa shape index (κ3) is 4.85. The SMILES string of the molecule is C=CC(=O)Nc1ccc(/C=C/c2cc(-c3cnn(CC(F)F)c3)cn3ncc(C#N)c23)cc1. The van der Waals surface area contributed by atoms with Crippen molar-refractivity contribution in [3.63, 3.8) is 0 Å². The van der Waals surface area contributed by atoms with Crippen LogP contribution in [0, 0.1) is 11.3 Å². The first kappa shape index (κ1) is 21.6. The zero-order valence-electron chi connectivity index (χ0n) is 17.3. The fourth-order valence-electron chi connectivity index (χ4n) is 3.33. The van der Waals surface area contributed by atoms with Crippen molar-refractivity contribution in [3.8, 4) is 17.2 Å². The number of aromatic nitrogens is 4. The van der Waals surface area contributed by atoms with E-state index in [1.807, 2.05) is 30.4 Å². The van der Waals surface area contributed by atoms with Gasteiger partial charge in [-0.1, -0.05) is 30.9 Å². The molecule has 0 radical (unpaired) electrons. The standard InChI is InChI=1S/C24H18F2N6O/c1-2-23(33)30-21-7-4-16(5-8-21)3-6-17-9-18(14-32-24(17)19(10-27)11-29-32)20-12-28-31(13-20)15-22(25)26/h2-9,11-14,22H,1,15H2,(H,30,33)/b6-3+. The van der Waals surface area contributed by atoms with Gasteiger partial charge >= 0.3 is 0 Å². The highest BCUT2D eigenvalue weighted by atomic mass is 19.3. The number of nitrogens with one attached hydrogen (secondary N) is 1. The molecular formula is C24H18F2N6O. The molecule has 33 heavy (non-hydrogen) atoms. The molecule has 0 fully saturated rings. The lowest BCUT2D eigenvalue weighted by atomic mass is 10.0. The van der Waals surface area contributed by atoms with Gasteiger partial charge in [-0.2, -0.15) is 15.5 Å². The monoisotopic (exact) mass is 444 g/mol. The number of nitrogens with zero attached hydrogens (tertiary/aromatic N) is 5. The molecule has 0 unspecified atom stereocenters. The summed E-state index contributed by atoms with van der Waals surface area (Å²) in [6, 6.07) is 11.2. The maximum atomic E-state index is 12.7. The van der Waals surface area contributed by atoms with Gasteiger partial charge < -0.3 is 5.32 Å². The lowest BCUT2D eigenvalue weighted by molar-refractivity contribution is -0.111. The van der Waals surface area contributed by atoms with Crippen LogP contribution in [0.4, 0.5) is 14.5 Å². The number of hydrogen-bond acceptors (Lipinski definition) is 4. The van der Waals surface area contributed by atoms with Gasteiger partial charge in [-0.15, -0.1) is 0 Å². The summed E-state index contributed by atoms with van der Waals surface area (Å²) in [6.07, 6.45) is 8.69. The molecule has 0 saturated carbocycles. The fraction of sp³-hybridized carbons (Fsp3) is 0.0833. The maximum absolute atomic E-state index is 12.7. The van der Waals surface area contributed by atoms with E-state index in [0.29, 0.717) is 22.3 Å². The van der Waals surface area contributed by atoms with E-state index in [9.17, 15) is 18.8 Å². The molecule has 0 aliphatic heterocycles. The highest BCUT2D eigenvalue weighted by molar-refractivity contribution is 5.98. The quantitative estimate of drug-likeness (QED) is 0.421. The smallest absolute Gasteiger partial charge is 0.257 e. The van der Waals surface area contributed by atoms with Gasteiger partial charge in [-0.3, -0.25) is 9.48 Å². The number of anilines is 1. The molecular weight excluding hydrogens is 426 g/mol. The van der Waals surface area contributed by atoms with E-state index >= 15 is 0 Å². The van der Waals surface area contributed by atoms with E-state index in [-0.39, 0.29) is 5.91 Å². The van der Waals surface area contributed by atoms with Gasteiger partial charge in [-0.05, 0) is 29.8 Å². The first-order valence-corrected chi connectivity index (χ1v) is 9.91. The Morgan fingerprint density at radius 1 is 1.15 bits per heavy atom. The van der Waals surface area contributed by atoms with Gasteiger partial charge in [0.15, 0.2) is 0 Å². The molecule has 4 rings (SSSR count). The number of alkyl halides is 2. The fourth-order valence-corrected chi connectivity index (χ4v) is 3.33. The predicted molar refractivity (Wildman–Crippen MR) is 121 cm³/mol. The minimum atomic E-state index is -2.50. The molecule has 9 heteroatoms. The molecule has 0 spiro atoms. The molecule has 0 bridgehead atoms. The summed E-state index contributed by atoms with van der Waals surface area (Å²) >= 11 is 0. The van der Waals surface area contributed by atoms with E-state index < -0.39 is 13.0 Å². The number of fused-ring (bicyclic) bond motifs is 1. The Balaban J connectivity index is 1.69. The van der Waals surface area contributed by atoms with Crippen molar-refractivity contribution in [3.05, 3.63) is 84.5 Å². The van der Waals surface area contributed by atoms with Gasteiger partial charge in [0.25, 0.3) is 6.43 Å². The molecule has 1 aromatic carbocycles. The Kier molecular flexibility index (Phi) is 6.09. The lowest BCUT2D eigenvalue weighted by Crippen LogP contribution is -2.06. The van der Waals surface area contributed by atoms with Crippen LogP contribution < -0.4 is 5.32 Å². The van der Waals surface area contributed by atoms with Crippen LogP contribution in [-0.2, 0) is 11.3 Å². The van der Waals surface area contributed by atoms with Gasteiger partial charge in [0.2, 0.25) is 5.91 Å². The number of benzene rings is 1. The van der Waals surface area contributed by atoms with Crippen LogP contribution in [0.2, 0.25) is 0 Å². The Morgan fingerprint density at radius 3 is 2.64 bits per heavy atom. The van der Waals surface area contributed by atoms with Crippen molar-refractivity contribution in [2.75, 3.05) is 5.32 Å². The van der Waals surface area contributed by atoms with E-state index in [4.69, 9.17) is 0 Å². The van der Waals surface area contributed by atoms with Crippen molar-refractivity contribution in [2.45, 2.75) is 13.0 Å². The zero-order chi connectivity index (χ0) is 23.4. The Morgan fingerprint density at radius 2 is 1.94 bits per heavy atom. The van der Waals surface area contributed by atoms with Crippen LogP contribution in [0.15, 0.2) is 67.8 Å². The first-order chi connectivity index (χ1) is 16.0. The second-order valence-electron chi connectivity index (χ2n) is 7.14. The predicted octanol–water partition coefficient (Wildman–Crippen LogP) is 4.63. The lowest BCUT2D eigenvalue weighted by Gasteiger charge is -2.06. The molecule has 0 saturated heterocycles. The van der Waals surface area contributed by atoms with E-state index in [2.05, 4.69) is 28.2 Å². The summed E-state index contributed by atoms with van der Waals surface area (Å²) in [5.41, 5.74) is 4.67. The molecule has 0 aliphatic rings. The van der Waals surface area contributed by atoms with Crippen LogP contribution in [0.1, 0.15) is 16.7 Å². The highest BCUT2D eigenvalue weighted by Gasteiger charge is 2.12. The van der Waals surface area contributed by atoms with Gasteiger partial charge in [0, 0.05) is 34.8 Å². The van der Waals surface area contributed by atoms with E-state index in [0.717, 1.165) is 16.7 Å². The molecule has 164 valence electrons. The average Bonchev–Trinajstić information content (AvgIpc) is 3.44. The first-order valence-electron chi connectivity index (χ1n) is 9.91.